The SMILES string of the molecule is CC1CCCCC1NCc1cc(Br)cs1. The summed E-state index contributed by atoms with van der Waals surface area (Å²) in [6.45, 7) is 3.41. The van der Waals surface area contributed by atoms with Crippen molar-refractivity contribution in [2.24, 2.45) is 5.92 Å². The lowest BCUT2D eigenvalue weighted by atomic mass is 9.86. The Morgan fingerprint density at radius 1 is 1.47 bits per heavy atom. The number of thiophene rings is 1. The average Bonchev–Trinajstić information content (AvgIpc) is 2.63. The van der Waals surface area contributed by atoms with Crippen molar-refractivity contribution in [3.8, 4) is 0 Å². The molecule has 0 aromatic carbocycles. The second kappa shape index (κ2) is 5.46. The van der Waals surface area contributed by atoms with Crippen LogP contribution in [0.3, 0.4) is 0 Å². The summed E-state index contributed by atoms with van der Waals surface area (Å²) in [5.74, 6) is 0.849. The van der Waals surface area contributed by atoms with Gasteiger partial charge >= 0.3 is 0 Å². The molecule has 0 amide bonds. The van der Waals surface area contributed by atoms with E-state index in [9.17, 15) is 0 Å². The first-order chi connectivity index (χ1) is 7.25. The highest BCUT2D eigenvalue weighted by molar-refractivity contribution is 9.10. The molecular weight excluding hydrogens is 270 g/mol. The highest BCUT2D eigenvalue weighted by Gasteiger charge is 2.20. The minimum absolute atomic E-state index is 0.736. The molecule has 1 N–H and O–H groups in total. The third-order valence-electron chi connectivity index (χ3n) is 3.27. The fourth-order valence-electron chi connectivity index (χ4n) is 2.30. The normalized spacial score (nSPS) is 26.8. The standard InChI is InChI=1S/C12H18BrNS/c1-9-4-2-3-5-12(9)14-7-11-6-10(13)8-15-11/h6,8-9,12,14H,2-5,7H2,1H3. The van der Waals surface area contributed by atoms with E-state index in [0.29, 0.717) is 0 Å². The monoisotopic (exact) mass is 287 g/mol. The zero-order chi connectivity index (χ0) is 10.7. The maximum atomic E-state index is 3.69. The van der Waals surface area contributed by atoms with Crippen LogP contribution < -0.4 is 5.32 Å². The lowest BCUT2D eigenvalue weighted by Gasteiger charge is -2.29. The van der Waals surface area contributed by atoms with Gasteiger partial charge in [-0.05, 0) is 40.8 Å². The molecule has 15 heavy (non-hydrogen) atoms. The topological polar surface area (TPSA) is 12.0 Å². The highest BCUT2D eigenvalue weighted by atomic mass is 79.9. The second-order valence-electron chi connectivity index (χ2n) is 4.48. The van der Waals surface area contributed by atoms with E-state index in [4.69, 9.17) is 0 Å². The summed E-state index contributed by atoms with van der Waals surface area (Å²) in [6.07, 6.45) is 5.57. The van der Waals surface area contributed by atoms with Crippen LogP contribution in [0.1, 0.15) is 37.5 Å². The summed E-state index contributed by atoms with van der Waals surface area (Å²) < 4.78 is 1.21. The van der Waals surface area contributed by atoms with E-state index >= 15 is 0 Å². The van der Waals surface area contributed by atoms with E-state index in [1.807, 2.05) is 11.3 Å². The molecule has 0 spiro atoms. The first kappa shape index (κ1) is 11.6. The summed E-state index contributed by atoms with van der Waals surface area (Å²) in [6, 6.07) is 2.95. The molecule has 1 aromatic heterocycles. The van der Waals surface area contributed by atoms with Gasteiger partial charge in [0.05, 0.1) is 0 Å². The summed E-state index contributed by atoms with van der Waals surface area (Å²) in [4.78, 5) is 1.43. The Kier molecular flexibility index (Phi) is 4.23. The molecule has 1 heterocycles. The minimum atomic E-state index is 0.736. The summed E-state index contributed by atoms with van der Waals surface area (Å²) in [5.41, 5.74) is 0. The highest BCUT2D eigenvalue weighted by Crippen LogP contribution is 2.25. The van der Waals surface area contributed by atoms with Crippen molar-refractivity contribution in [1.29, 1.82) is 0 Å². The maximum absolute atomic E-state index is 3.69. The van der Waals surface area contributed by atoms with Crippen LogP contribution >= 0.6 is 27.3 Å². The fourth-order valence-corrected chi connectivity index (χ4v) is 3.70. The van der Waals surface area contributed by atoms with Crippen molar-refractivity contribution in [1.82, 2.24) is 5.32 Å². The molecule has 2 unspecified atom stereocenters. The van der Waals surface area contributed by atoms with Gasteiger partial charge in [-0.15, -0.1) is 11.3 Å². The van der Waals surface area contributed by atoms with E-state index in [1.165, 1.54) is 35.0 Å². The van der Waals surface area contributed by atoms with Crippen molar-refractivity contribution in [3.05, 3.63) is 20.8 Å². The second-order valence-corrected chi connectivity index (χ2v) is 6.39. The zero-order valence-electron chi connectivity index (χ0n) is 9.13. The quantitative estimate of drug-likeness (QED) is 0.880. The van der Waals surface area contributed by atoms with Crippen molar-refractivity contribution < 1.29 is 0 Å². The molecule has 2 rings (SSSR count). The van der Waals surface area contributed by atoms with E-state index in [1.54, 1.807) is 0 Å². The van der Waals surface area contributed by atoms with Crippen LogP contribution in [0.25, 0.3) is 0 Å². The first-order valence-electron chi connectivity index (χ1n) is 5.72. The number of nitrogens with one attached hydrogen (secondary N) is 1. The largest absolute Gasteiger partial charge is 0.309 e. The average molecular weight is 288 g/mol. The van der Waals surface area contributed by atoms with Crippen molar-refractivity contribution in [3.63, 3.8) is 0 Å². The molecule has 0 aliphatic heterocycles. The van der Waals surface area contributed by atoms with Gasteiger partial charge in [0.15, 0.2) is 0 Å². The molecule has 2 atom stereocenters. The van der Waals surface area contributed by atoms with Gasteiger partial charge in [0, 0.05) is 27.3 Å². The predicted octanol–water partition coefficient (Wildman–Crippen LogP) is 4.18. The van der Waals surface area contributed by atoms with Gasteiger partial charge in [-0.25, -0.2) is 0 Å². The molecule has 1 fully saturated rings. The van der Waals surface area contributed by atoms with E-state index in [-0.39, 0.29) is 0 Å². The van der Waals surface area contributed by atoms with Crippen LogP contribution in [0.2, 0.25) is 0 Å². The van der Waals surface area contributed by atoms with Crippen molar-refractivity contribution in [2.45, 2.75) is 45.2 Å². The molecule has 3 heteroatoms. The molecule has 1 nitrogen and oxygen atoms in total. The van der Waals surface area contributed by atoms with E-state index in [0.717, 1.165) is 18.5 Å². The maximum Gasteiger partial charge on any atom is 0.0302 e. The third kappa shape index (κ3) is 3.30. The molecule has 0 saturated heterocycles. The molecule has 1 aliphatic carbocycles. The van der Waals surface area contributed by atoms with Crippen LogP contribution in [-0.2, 0) is 6.54 Å². The predicted molar refractivity (Wildman–Crippen MR) is 70.3 cm³/mol. The Morgan fingerprint density at radius 2 is 2.27 bits per heavy atom. The Bertz CT molecular complexity index is 310. The van der Waals surface area contributed by atoms with Gasteiger partial charge in [-0.1, -0.05) is 19.8 Å². The Morgan fingerprint density at radius 3 is 2.93 bits per heavy atom. The Hall–Kier alpha value is 0.140. The van der Waals surface area contributed by atoms with Gasteiger partial charge in [-0.2, -0.15) is 0 Å². The summed E-state index contributed by atoms with van der Waals surface area (Å²) in [5, 5.41) is 5.84. The van der Waals surface area contributed by atoms with Crippen LogP contribution in [0.4, 0.5) is 0 Å². The van der Waals surface area contributed by atoms with E-state index < -0.39 is 0 Å². The fraction of sp³-hybridized carbons (Fsp3) is 0.667. The molecular formula is C12H18BrNS. The van der Waals surface area contributed by atoms with Crippen LogP contribution in [0, 0.1) is 5.92 Å². The minimum Gasteiger partial charge on any atom is -0.309 e. The molecule has 1 saturated carbocycles. The Labute approximate surface area is 104 Å². The smallest absolute Gasteiger partial charge is 0.0302 e. The van der Waals surface area contributed by atoms with Crippen LogP contribution in [0.15, 0.2) is 15.9 Å². The first-order valence-corrected chi connectivity index (χ1v) is 7.39. The van der Waals surface area contributed by atoms with Gasteiger partial charge in [0.1, 0.15) is 0 Å². The zero-order valence-corrected chi connectivity index (χ0v) is 11.5. The molecule has 1 aromatic rings. The van der Waals surface area contributed by atoms with Gasteiger partial charge in [0.25, 0.3) is 0 Å². The van der Waals surface area contributed by atoms with Gasteiger partial charge in [0.2, 0.25) is 0 Å². The molecule has 84 valence electrons. The van der Waals surface area contributed by atoms with Crippen molar-refractivity contribution in [2.75, 3.05) is 0 Å². The molecule has 0 bridgehead atoms. The molecule has 1 aliphatic rings. The number of halogens is 1. The van der Waals surface area contributed by atoms with E-state index in [2.05, 4.69) is 39.6 Å². The van der Waals surface area contributed by atoms with Gasteiger partial charge < -0.3 is 5.32 Å². The number of hydrogen-bond donors (Lipinski definition) is 1. The third-order valence-corrected chi connectivity index (χ3v) is 4.97. The van der Waals surface area contributed by atoms with Crippen LogP contribution in [0.5, 0.6) is 0 Å². The molecule has 0 radical (unpaired) electrons. The summed E-state index contributed by atoms with van der Waals surface area (Å²) in [7, 11) is 0. The van der Waals surface area contributed by atoms with Crippen LogP contribution in [-0.4, -0.2) is 6.04 Å². The lowest BCUT2D eigenvalue weighted by Crippen LogP contribution is -2.36. The Balaban J connectivity index is 1.81. The van der Waals surface area contributed by atoms with Gasteiger partial charge in [-0.3, -0.25) is 0 Å². The summed E-state index contributed by atoms with van der Waals surface area (Å²) >= 11 is 5.32. The van der Waals surface area contributed by atoms with Crippen molar-refractivity contribution >= 4 is 27.3 Å². The number of hydrogen-bond acceptors (Lipinski definition) is 2. The lowest BCUT2D eigenvalue weighted by molar-refractivity contribution is 0.280. The number of rotatable bonds is 3.